The summed E-state index contributed by atoms with van der Waals surface area (Å²) in [6.07, 6.45) is 0.723. The molecule has 196 valence electrons. The van der Waals surface area contributed by atoms with Crippen LogP contribution in [0.5, 0.6) is 0 Å². The highest BCUT2D eigenvalue weighted by atomic mass is 35.5. The Hall–Kier alpha value is -3.52. The van der Waals surface area contributed by atoms with E-state index in [1.54, 1.807) is 0 Å². The molecule has 1 aliphatic heterocycles. The molecule has 37 heavy (non-hydrogen) atoms. The van der Waals surface area contributed by atoms with Gasteiger partial charge in [0.1, 0.15) is 0 Å². The summed E-state index contributed by atoms with van der Waals surface area (Å²) in [6.45, 7) is 0.0194. The molecule has 1 aliphatic carbocycles. The first-order valence-electron chi connectivity index (χ1n) is 11.6. The number of carbonyl (C=O) groups is 2. The average Bonchev–Trinajstić information content (AvgIpc) is 3.51. The Morgan fingerprint density at radius 2 is 2.05 bits per heavy atom. The molecule has 11 nitrogen and oxygen atoms in total. The van der Waals surface area contributed by atoms with Gasteiger partial charge < -0.3 is 15.7 Å². The van der Waals surface area contributed by atoms with Crippen LogP contribution in [-0.4, -0.2) is 53.2 Å². The predicted octanol–water partition coefficient (Wildman–Crippen LogP) is 2.75. The smallest absolute Gasteiger partial charge is 0.390 e. The second-order valence-corrected chi connectivity index (χ2v) is 9.38. The van der Waals surface area contributed by atoms with E-state index in [4.69, 9.17) is 11.6 Å². The second-order valence-electron chi connectivity index (χ2n) is 8.98. The van der Waals surface area contributed by atoms with Crippen LogP contribution in [0.2, 0.25) is 5.02 Å². The minimum Gasteiger partial charge on any atom is -0.390 e. The van der Waals surface area contributed by atoms with E-state index in [0.717, 1.165) is 10.9 Å². The fourth-order valence-corrected chi connectivity index (χ4v) is 5.46. The van der Waals surface area contributed by atoms with E-state index in [1.807, 2.05) is 0 Å². The van der Waals surface area contributed by atoms with Gasteiger partial charge in [-0.25, -0.2) is 4.98 Å². The third kappa shape index (κ3) is 4.66. The Labute approximate surface area is 213 Å². The van der Waals surface area contributed by atoms with E-state index < -0.39 is 29.4 Å². The third-order valence-electron chi connectivity index (χ3n) is 6.82. The largest absolute Gasteiger partial charge is 0.433 e. The van der Waals surface area contributed by atoms with E-state index in [2.05, 4.69) is 31.0 Å². The summed E-state index contributed by atoms with van der Waals surface area (Å²) in [5.74, 6) is -1.73. The Balaban J connectivity index is 1.43. The number of aromatic nitrogens is 6. The van der Waals surface area contributed by atoms with Crippen molar-refractivity contribution in [1.29, 1.82) is 0 Å². The van der Waals surface area contributed by atoms with Crippen molar-refractivity contribution in [2.45, 2.75) is 44.5 Å². The zero-order chi connectivity index (χ0) is 26.3. The van der Waals surface area contributed by atoms with Crippen molar-refractivity contribution in [3.63, 3.8) is 0 Å². The molecule has 3 aromatic heterocycles. The molecule has 1 saturated carbocycles. The average molecular weight is 539 g/mol. The van der Waals surface area contributed by atoms with Gasteiger partial charge in [-0.3, -0.25) is 14.3 Å². The van der Waals surface area contributed by atoms with Gasteiger partial charge >= 0.3 is 6.18 Å². The number of alkyl halides is 3. The minimum absolute atomic E-state index is 0.0218. The lowest BCUT2D eigenvalue weighted by Gasteiger charge is -2.41. The number of amides is 2. The first-order chi connectivity index (χ1) is 17.7. The van der Waals surface area contributed by atoms with Gasteiger partial charge in [0.05, 0.1) is 53.2 Å². The molecule has 3 aromatic rings. The summed E-state index contributed by atoms with van der Waals surface area (Å²) in [5.41, 5.74) is -1.44. The number of aliphatic hydroxyl groups is 1. The highest BCUT2D eigenvalue weighted by molar-refractivity contribution is 6.32. The number of hydrogen-bond acceptors (Lipinski definition) is 7. The molecule has 15 heteroatoms. The van der Waals surface area contributed by atoms with Gasteiger partial charge in [-0.2, -0.15) is 23.0 Å². The summed E-state index contributed by atoms with van der Waals surface area (Å²) in [6, 6.07) is 0.649. The van der Waals surface area contributed by atoms with E-state index >= 15 is 0 Å². The molecule has 5 rings (SSSR count). The van der Waals surface area contributed by atoms with Crippen molar-refractivity contribution in [3.8, 4) is 5.82 Å². The van der Waals surface area contributed by atoms with Crippen LogP contribution in [0.3, 0.4) is 0 Å². The summed E-state index contributed by atoms with van der Waals surface area (Å²) < 4.78 is 44.8. The number of anilines is 1. The molecular weight excluding hydrogens is 517 g/mol. The van der Waals surface area contributed by atoms with Gasteiger partial charge in [-0.15, -0.1) is 5.10 Å². The number of carbonyl (C=O) groups excluding carboxylic acids is 2. The Morgan fingerprint density at radius 1 is 1.24 bits per heavy atom. The Kier molecular flexibility index (Phi) is 6.62. The second kappa shape index (κ2) is 9.74. The van der Waals surface area contributed by atoms with Gasteiger partial charge in [-0.1, -0.05) is 23.2 Å². The normalized spacial score (nSPS) is 21.9. The number of halogens is 4. The Morgan fingerprint density at radius 3 is 2.78 bits per heavy atom. The fourth-order valence-electron chi connectivity index (χ4n) is 5.22. The highest BCUT2D eigenvalue weighted by Gasteiger charge is 2.46. The molecule has 0 spiro atoms. The molecular formula is C22H22ClF3N8O3. The molecule has 0 bridgehead atoms. The van der Waals surface area contributed by atoms with Gasteiger partial charge in [0, 0.05) is 12.5 Å². The zero-order valence-corrected chi connectivity index (χ0v) is 20.0. The maximum Gasteiger partial charge on any atom is 0.433 e. The minimum atomic E-state index is -4.86. The topological polar surface area (TPSA) is 140 Å². The molecule has 0 radical (unpaired) electrons. The lowest BCUT2D eigenvalue weighted by Crippen LogP contribution is -2.47. The molecule has 3 atom stereocenters. The van der Waals surface area contributed by atoms with Crippen molar-refractivity contribution in [2.24, 2.45) is 11.8 Å². The van der Waals surface area contributed by atoms with Gasteiger partial charge in [0.2, 0.25) is 5.91 Å². The first-order valence-corrected chi connectivity index (χ1v) is 12.0. The standard InChI is InChI=1S/C22H22ClF3N8O3/c23-16-6-11(7-28-19(16)33-12(10-35)8-29-32-33)31-21(37)15-9-30-34(18(15)22(24,25)26)17-3-1-2-14-13(17)4-5-27-20(14)36/h6-9,13-14,17,35H,1-5,10H2,(H,27,36)(H,31,37). The summed E-state index contributed by atoms with van der Waals surface area (Å²) in [7, 11) is 0. The monoisotopic (exact) mass is 538 g/mol. The number of hydrogen-bond donors (Lipinski definition) is 3. The van der Waals surface area contributed by atoms with Crippen LogP contribution in [0, 0.1) is 11.8 Å². The van der Waals surface area contributed by atoms with E-state index in [-0.39, 0.29) is 40.9 Å². The predicted molar refractivity (Wildman–Crippen MR) is 123 cm³/mol. The SMILES string of the molecule is O=C(Nc1cnc(-n2nncc2CO)c(Cl)c1)c1cnn(C2CCCC3C(=O)NCCC32)c1C(F)(F)F. The van der Waals surface area contributed by atoms with Crippen LogP contribution in [-0.2, 0) is 17.6 Å². The summed E-state index contributed by atoms with van der Waals surface area (Å²) >= 11 is 6.25. The first kappa shape index (κ1) is 25.1. The van der Waals surface area contributed by atoms with Crippen molar-refractivity contribution in [3.05, 3.63) is 46.6 Å². The summed E-state index contributed by atoms with van der Waals surface area (Å²) in [5, 5.41) is 26.0. The zero-order valence-electron chi connectivity index (χ0n) is 19.2. The molecule has 4 heterocycles. The summed E-state index contributed by atoms with van der Waals surface area (Å²) in [4.78, 5) is 29.4. The Bertz CT molecular complexity index is 1340. The molecule has 0 aromatic carbocycles. The molecule has 3 unspecified atom stereocenters. The number of piperidine rings is 1. The van der Waals surface area contributed by atoms with Crippen LogP contribution in [0.1, 0.15) is 53.5 Å². The van der Waals surface area contributed by atoms with Crippen molar-refractivity contribution >= 4 is 29.1 Å². The van der Waals surface area contributed by atoms with E-state index in [0.29, 0.717) is 37.9 Å². The molecule has 1 saturated heterocycles. The van der Waals surface area contributed by atoms with E-state index in [9.17, 15) is 27.9 Å². The maximum absolute atomic E-state index is 14.3. The van der Waals surface area contributed by atoms with Gasteiger partial charge in [0.25, 0.3) is 5.91 Å². The van der Waals surface area contributed by atoms with Crippen LogP contribution in [0.15, 0.2) is 24.7 Å². The lowest BCUT2D eigenvalue weighted by molar-refractivity contribution is -0.147. The number of aliphatic hydroxyl groups excluding tert-OH is 1. The fraction of sp³-hybridized carbons (Fsp3) is 0.455. The number of nitrogens with one attached hydrogen (secondary N) is 2. The number of nitrogens with zero attached hydrogens (tertiary/aromatic N) is 6. The molecule has 2 amide bonds. The van der Waals surface area contributed by atoms with E-state index in [1.165, 1.54) is 23.1 Å². The van der Waals surface area contributed by atoms with Crippen LogP contribution < -0.4 is 10.6 Å². The van der Waals surface area contributed by atoms with Crippen molar-refractivity contribution in [1.82, 2.24) is 35.1 Å². The quantitative estimate of drug-likeness (QED) is 0.454. The molecule has 2 fully saturated rings. The van der Waals surface area contributed by atoms with Crippen molar-refractivity contribution in [2.75, 3.05) is 11.9 Å². The number of rotatable bonds is 5. The van der Waals surface area contributed by atoms with Crippen molar-refractivity contribution < 1.29 is 27.9 Å². The highest BCUT2D eigenvalue weighted by Crippen LogP contribution is 2.44. The molecule has 2 aliphatic rings. The van der Waals surface area contributed by atoms with Crippen LogP contribution in [0.4, 0.5) is 18.9 Å². The number of fused-ring (bicyclic) bond motifs is 1. The molecule has 3 N–H and O–H groups in total. The van der Waals surface area contributed by atoms with Gasteiger partial charge in [-0.05, 0) is 31.2 Å². The third-order valence-corrected chi connectivity index (χ3v) is 7.10. The van der Waals surface area contributed by atoms with Gasteiger partial charge in [0.15, 0.2) is 11.5 Å². The van der Waals surface area contributed by atoms with Crippen LogP contribution >= 0.6 is 11.6 Å². The maximum atomic E-state index is 14.3. The number of pyridine rings is 1. The lowest BCUT2D eigenvalue weighted by atomic mass is 9.72. The van der Waals surface area contributed by atoms with Crippen LogP contribution in [0.25, 0.3) is 5.82 Å².